The zero-order valence-corrected chi connectivity index (χ0v) is 15.3. The van der Waals surface area contributed by atoms with Crippen molar-refractivity contribution in [2.75, 3.05) is 5.32 Å². The quantitative estimate of drug-likeness (QED) is 0.466. The van der Waals surface area contributed by atoms with Crippen LogP contribution in [0.25, 0.3) is 0 Å². The van der Waals surface area contributed by atoms with Crippen molar-refractivity contribution >= 4 is 23.3 Å². The summed E-state index contributed by atoms with van der Waals surface area (Å²) in [5.74, 6) is -0.732. The number of nitro groups is 1. The second kappa shape index (κ2) is 8.22. The minimum Gasteiger partial charge on any atom is -0.478 e. The van der Waals surface area contributed by atoms with Crippen LogP contribution in [-0.4, -0.2) is 21.9 Å². The lowest BCUT2D eigenvalue weighted by Gasteiger charge is -2.10. The van der Waals surface area contributed by atoms with Crippen LogP contribution < -0.4 is 10.1 Å². The van der Waals surface area contributed by atoms with Gasteiger partial charge in [0.2, 0.25) is 0 Å². The number of aryl methyl sites for hydroxylation is 1. The number of amides is 1. The molecule has 0 radical (unpaired) electrons. The Kier molecular flexibility index (Phi) is 5.54. The fourth-order valence-electron chi connectivity index (χ4n) is 2.58. The van der Waals surface area contributed by atoms with Crippen molar-refractivity contribution in [2.24, 2.45) is 0 Å². The van der Waals surface area contributed by atoms with Crippen LogP contribution in [0.15, 0.2) is 66.7 Å². The minimum absolute atomic E-state index is 0.0106. The van der Waals surface area contributed by atoms with Crippen molar-refractivity contribution in [3.05, 3.63) is 93.5 Å². The Labute approximate surface area is 165 Å². The van der Waals surface area contributed by atoms with E-state index in [2.05, 4.69) is 5.32 Å². The molecule has 0 spiro atoms. The van der Waals surface area contributed by atoms with Crippen molar-refractivity contribution in [3.8, 4) is 11.5 Å². The van der Waals surface area contributed by atoms with Crippen molar-refractivity contribution in [3.63, 3.8) is 0 Å². The number of nitrogens with zero attached hydrogens (tertiary/aromatic N) is 1. The number of aromatic carboxylic acids is 1. The molecule has 0 aliphatic heterocycles. The van der Waals surface area contributed by atoms with Gasteiger partial charge in [-0.25, -0.2) is 4.79 Å². The molecule has 0 bridgehead atoms. The van der Waals surface area contributed by atoms with Gasteiger partial charge < -0.3 is 15.2 Å². The average molecular weight is 392 g/mol. The van der Waals surface area contributed by atoms with Gasteiger partial charge in [-0.1, -0.05) is 11.6 Å². The molecule has 0 aromatic heterocycles. The molecule has 0 fully saturated rings. The third-order valence-electron chi connectivity index (χ3n) is 4.05. The number of ether oxygens (including phenoxy) is 1. The van der Waals surface area contributed by atoms with Crippen molar-refractivity contribution < 1.29 is 24.4 Å². The number of rotatable bonds is 6. The van der Waals surface area contributed by atoms with Gasteiger partial charge in [-0.2, -0.15) is 0 Å². The summed E-state index contributed by atoms with van der Waals surface area (Å²) in [6.07, 6.45) is 0. The number of carbonyl (C=O) groups excluding carboxylic acids is 1. The van der Waals surface area contributed by atoms with Gasteiger partial charge in [-0.05, 0) is 55.5 Å². The molecule has 0 heterocycles. The summed E-state index contributed by atoms with van der Waals surface area (Å²) in [6.45, 7) is 1.77. The van der Waals surface area contributed by atoms with Gasteiger partial charge in [0, 0.05) is 17.7 Å². The van der Waals surface area contributed by atoms with Crippen LogP contribution in [0.2, 0.25) is 0 Å². The number of carboxylic acid groups (broad SMARTS) is 1. The number of anilines is 1. The van der Waals surface area contributed by atoms with E-state index < -0.39 is 16.8 Å². The highest BCUT2D eigenvalue weighted by Gasteiger charge is 2.14. The molecule has 0 atom stereocenters. The molecular formula is C21H16N2O6. The molecule has 146 valence electrons. The van der Waals surface area contributed by atoms with E-state index in [0.29, 0.717) is 17.1 Å². The zero-order chi connectivity index (χ0) is 21.0. The molecule has 1 amide bonds. The monoisotopic (exact) mass is 392 g/mol. The number of nitro benzene ring substituents is 1. The first-order chi connectivity index (χ1) is 13.8. The van der Waals surface area contributed by atoms with E-state index in [9.17, 15) is 24.8 Å². The molecule has 0 unspecified atom stereocenters. The summed E-state index contributed by atoms with van der Waals surface area (Å²) >= 11 is 0. The Morgan fingerprint density at radius 3 is 2.10 bits per heavy atom. The van der Waals surface area contributed by atoms with Gasteiger partial charge in [0.05, 0.1) is 16.2 Å². The number of nitrogens with one attached hydrogen (secondary N) is 1. The van der Waals surface area contributed by atoms with Crippen LogP contribution in [0.5, 0.6) is 11.5 Å². The lowest BCUT2D eigenvalue weighted by atomic mass is 10.1. The van der Waals surface area contributed by atoms with Crippen LogP contribution in [0.1, 0.15) is 26.3 Å². The van der Waals surface area contributed by atoms with Crippen molar-refractivity contribution in [1.29, 1.82) is 0 Å². The van der Waals surface area contributed by atoms with Gasteiger partial charge in [-0.15, -0.1) is 0 Å². The summed E-state index contributed by atoms with van der Waals surface area (Å²) in [6, 6.07) is 16.6. The Balaban J connectivity index is 1.71. The highest BCUT2D eigenvalue weighted by atomic mass is 16.6. The van der Waals surface area contributed by atoms with Crippen LogP contribution in [-0.2, 0) is 0 Å². The molecule has 8 heteroatoms. The highest BCUT2D eigenvalue weighted by molar-refractivity contribution is 6.07. The molecule has 3 aromatic rings. The zero-order valence-electron chi connectivity index (χ0n) is 15.3. The second-order valence-corrected chi connectivity index (χ2v) is 6.19. The SMILES string of the molecule is Cc1ccc(NC(=O)c2ccc(Oc3ccc([N+](=O)[O-])cc3)cc2)c(C(=O)O)c1. The summed E-state index contributed by atoms with van der Waals surface area (Å²) in [7, 11) is 0. The molecule has 8 nitrogen and oxygen atoms in total. The van der Waals surface area contributed by atoms with E-state index >= 15 is 0 Å². The third-order valence-corrected chi connectivity index (χ3v) is 4.05. The number of hydrogen-bond acceptors (Lipinski definition) is 5. The normalized spacial score (nSPS) is 10.2. The topological polar surface area (TPSA) is 119 Å². The standard InChI is InChI=1S/C21H16N2O6/c1-13-2-11-19(18(12-13)21(25)26)22-20(24)14-3-7-16(8-4-14)29-17-9-5-15(6-10-17)23(27)28/h2-12H,1H3,(H,22,24)(H,25,26). The fourth-order valence-corrected chi connectivity index (χ4v) is 2.58. The summed E-state index contributed by atoms with van der Waals surface area (Å²) in [5.41, 5.74) is 1.27. The molecular weight excluding hydrogens is 376 g/mol. The molecule has 0 saturated carbocycles. The first-order valence-electron chi connectivity index (χ1n) is 8.51. The van der Waals surface area contributed by atoms with Gasteiger partial charge >= 0.3 is 5.97 Å². The Morgan fingerprint density at radius 2 is 1.55 bits per heavy atom. The van der Waals surface area contributed by atoms with Crippen LogP contribution in [0, 0.1) is 17.0 Å². The average Bonchev–Trinajstić information content (AvgIpc) is 2.70. The van der Waals surface area contributed by atoms with Gasteiger partial charge in [-0.3, -0.25) is 14.9 Å². The number of benzene rings is 3. The second-order valence-electron chi connectivity index (χ2n) is 6.19. The van der Waals surface area contributed by atoms with Gasteiger partial charge in [0.25, 0.3) is 11.6 Å². The predicted molar refractivity (Wildman–Crippen MR) is 106 cm³/mol. The van der Waals surface area contributed by atoms with Gasteiger partial charge in [0.1, 0.15) is 11.5 Å². The third kappa shape index (κ3) is 4.75. The highest BCUT2D eigenvalue weighted by Crippen LogP contribution is 2.24. The van der Waals surface area contributed by atoms with E-state index in [1.165, 1.54) is 42.5 Å². The maximum absolute atomic E-state index is 12.4. The lowest BCUT2D eigenvalue weighted by molar-refractivity contribution is -0.384. The largest absolute Gasteiger partial charge is 0.478 e. The molecule has 3 rings (SSSR count). The first kappa shape index (κ1) is 19.6. The molecule has 29 heavy (non-hydrogen) atoms. The molecule has 0 aliphatic rings. The smallest absolute Gasteiger partial charge is 0.337 e. The summed E-state index contributed by atoms with van der Waals surface area (Å²) in [4.78, 5) is 34.0. The first-order valence-corrected chi connectivity index (χ1v) is 8.51. The van der Waals surface area contributed by atoms with E-state index in [1.807, 2.05) is 0 Å². The number of hydrogen-bond donors (Lipinski definition) is 2. The van der Waals surface area contributed by atoms with E-state index in [1.54, 1.807) is 31.2 Å². The molecule has 2 N–H and O–H groups in total. The van der Waals surface area contributed by atoms with Crippen LogP contribution in [0.4, 0.5) is 11.4 Å². The predicted octanol–water partition coefficient (Wildman–Crippen LogP) is 4.65. The molecule has 0 saturated heterocycles. The maximum Gasteiger partial charge on any atom is 0.337 e. The molecule has 0 aliphatic carbocycles. The number of non-ortho nitro benzene ring substituents is 1. The Morgan fingerprint density at radius 1 is 0.966 bits per heavy atom. The van der Waals surface area contributed by atoms with Crippen LogP contribution in [0.3, 0.4) is 0 Å². The van der Waals surface area contributed by atoms with Gasteiger partial charge in [0.15, 0.2) is 0 Å². The van der Waals surface area contributed by atoms with Crippen molar-refractivity contribution in [1.82, 2.24) is 0 Å². The van der Waals surface area contributed by atoms with E-state index in [0.717, 1.165) is 5.56 Å². The summed E-state index contributed by atoms with van der Waals surface area (Å²) < 4.78 is 5.60. The fraction of sp³-hybridized carbons (Fsp3) is 0.0476. The van der Waals surface area contributed by atoms with Crippen molar-refractivity contribution in [2.45, 2.75) is 6.92 Å². The minimum atomic E-state index is -1.13. The number of carbonyl (C=O) groups is 2. The summed E-state index contributed by atoms with van der Waals surface area (Å²) in [5, 5.41) is 22.6. The molecule has 3 aromatic carbocycles. The lowest BCUT2D eigenvalue weighted by Crippen LogP contribution is -2.14. The Hall–Kier alpha value is -4.20. The maximum atomic E-state index is 12.4. The van der Waals surface area contributed by atoms with Crippen LogP contribution >= 0.6 is 0 Å². The van der Waals surface area contributed by atoms with E-state index in [4.69, 9.17) is 4.74 Å². The number of carboxylic acids is 1. The van der Waals surface area contributed by atoms with E-state index in [-0.39, 0.29) is 16.9 Å². The Bertz CT molecular complexity index is 1080.